The number of pyridine rings is 1. The molecule has 1 unspecified atom stereocenters. The molecule has 21 heavy (non-hydrogen) atoms. The van der Waals surface area contributed by atoms with Gasteiger partial charge in [0.05, 0.1) is 18.2 Å². The van der Waals surface area contributed by atoms with Crippen molar-refractivity contribution >= 4 is 5.91 Å². The van der Waals surface area contributed by atoms with Crippen LogP contribution in [-0.4, -0.2) is 66.6 Å². The second-order valence-corrected chi connectivity index (χ2v) is 5.28. The van der Waals surface area contributed by atoms with E-state index in [1.165, 1.54) is 0 Å². The van der Waals surface area contributed by atoms with Crippen LogP contribution in [0.15, 0.2) is 24.4 Å². The number of aromatic nitrogens is 1. The van der Waals surface area contributed by atoms with Crippen LogP contribution in [0.25, 0.3) is 0 Å². The Morgan fingerprint density at radius 1 is 1.38 bits per heavy atom. The molecule has 6 nitrogen and oxygen atoms in total. The third kappa shape index (κ3) is 4.77. The van der Waals surface area contributed by atoms with E-state index in [9.17, 15) is 4.79 Å². The first-order valence-electron chi connectivity index (χ1n) is 7.36. The van der Waals surface area contributed by atoms with Crippen LogP contribution in [0.2, 0.25) is 0 Å². The molecule has 1 fully saturated rings. The number of nitrogens with two attached hydrogens (primary N) is 1. The minimum Gasteiger partial charge on any atom is -0.380 e. The van der Waals surface area contributed by atoms with Crippen molar-refractivity contribution in [3.63, 3.8) is 0 Å². The first kappa shape index (κ1) is 15.9. The quantitative estimate of drug-likeness (QED) is 0.804. The minimum absolute atomic E-state index is 0.129. The maximum absolute atomic E-state index is 12.2. The van der Waals surface area contributed by atoms with Gasteiger partial charge in [0, 0.05) is 52.6 Å². The third-order valence-electron chi connectivity index (χ3n) is 3.84. The maximum atomic E-state index is 12.2. The topological polar surface area (TPSA) is 71.7 Å². The zero-order valence-corrected chi connectivity index (χ0v) is 12.6. The molecular formula is C15H24N4O2. The van der Waals surface area contributed by atoms with E-state index in [0.717, 1.165) is 38.4 Å². The number of carbonyl (C=O) groups is 1. The zero-order chi connectivity index (χ0) is 15.1. The largest absolute Gasteiger partial charge is 0.380 e. The van der Waals surface area contributed by atoms with Gasteiger partial charge in [-0.2, -0.15) is 0 Å². The predicted molar refractivity (Wildman–Crippen MR) is 80.6 cm³/mol. The molecule has 1 amide bonds. The predicted octanol–water partition coefficient (Wildman–Crippen LogP) is 0.0896. The molecule has 1 aromatic heterocycles. The lowest BCUT2D eigenvalue weighted by Crippen LogP contribution is -2.49. The standard InChI is InChI=1S/C15H24N4O2/c1-21-14(11-16)10-15(20)19-8-6-18(7-9-19)12-13-4-2-3-5-17-13/h2-5,14H,6-12,16H2,1H3. The zero-order valence-electron chi connectivity index (χ0n) is 12.6. The summed E-state index contributed by atoms with van der Waals surface area (Å²) in [5.74, 6) is 0.129. The monoisotopic (exact) mass is 292 g/mol. The van der Waals surface area contributed by atoms with E-state index in [1.807, 2.05) is 29.3 Å². The number of rotatable bonds is 6. The number of hydrogen-bond acceptors (Lipinski definition) is 5. The van der Waals surface area contributed by atoms with Crippen molar-refractivity contribution in [1.82, 2.24) is 14.8 Å². The van der Waals surface area contributed by atoms with Crippen LogP contribution >= 0.6 is 0 Å². The lowest BCUT2D eigenvalue weighted by molar-refractivity contribution is -0.135. The summed E-state index contributed by atoms with van der Waals surface area (Å²) < 4.78 is 5.17. The van der Waals surface area contributed by atoms with Gasteiger partial charge in [0.1, 0.15) is 0 Å². The van der Waals surface area contributed by atoms with Gasteiger partial charge < -0.3 is 15.4 Å². The maximum Gasteiger partial charge on any atom is 0.225 e. The van der Waals surface area contributed by atoms with Crippen molar-refractivity contribution in [2.75, 3.05) is 39.8 Å². The Bertz CT molecular complexity index is 429. The molecule has 0 aliphatic carbocycles. The highest BCUT2D eigenvalue weighted by Crippen LogP contribution is 2.09. The van der Waals surface area contributed by atoms with Crippen molar-refractivity contribution in [2.45, 2.75) is 19.1 Å². The highest BCUT2D eigenvalue weighted by atomic mass is 16.5. The first-order valence-corrected chi connectivity index (χ1v) is 7.36. The van der Waals surface area contributed by atoms with Gasteiger partial charge >= 0.3 is 0 Å². The highest BCUT2D eigenvalue weighted by Gasteiger charge is 2.23. The summed E-state index contributed by atoms with van der Waals surface area (Å²) in [5, 5.41) is 0. The molecule has 0 aromatic carbocycles. The molecule has 0 radical (unpaired) electrons. The van der Waals surface area contributed by atoms with E-state index < -0.39 is 0 Å². The summed E-state index contributed by atoms with van der Waals surface area (Å²) in [7, 11) is 1.59. The van der Waals surface area contributed by atoms with Crippen LogP contribution < -0.4 is 5.73 Å². The smallest absolute Gasteiger partial charge is 0.225 e. The van der Waals surface area contributed by atoms with Crippen molar-refractivity contribution < 1.29 is 9.53 Å². The summed E-state index contributed by atoms with van der Waals surface area (Å²) in [6, 6.07) is 5.95. The van der Waals surface area contributed by atoms with Crippen LogP contribution in [0.3, 0.4) is 0 Å². The Morgan fingerprint density at radius 3 is 2.71 bits per heavy atom. The van der Waals surface area contributed by atoms with Gasteiger partial charge in [-0.25, -0.2) is 0 Å². The number of hydrogen-bond donors (Lipinski definition) is 1. The molecule has 1 atom stereocenters. The van der Waals surface area contributed by atoms with Crippen LogP contribution in [0.4, 0.5) is 0 Å². The average molecular weight is 292 g/mol. The fourth-order valence-corrected chi connectivity index (χ4v) is 2.46. The van der Waals surface area contributed by atoms with Crippen LogP contribution in [0, 0.1) is 0 Å². The number of piperazine rings is 1. The number of amides is 1. The molecule has 0 saturated carbocycles. The van der Waals surface area contributed by atoms with Gasteiger partial charge in [0.15, 0.2) is 0 Å². The normalized spacial score (nSPS) is 17.7. The minimum atomic E-state index is -0.177. The molecule has 116 valence electrons. The number of carbonyl (C=O) groups excluding carboxylic acids is 1. The molecular weight excluding hydrogens is 268 g/mol. The molecule has 0 spiro atoms. The van der Waals surface area contributed by atoms with Gasteiger partial charge in [-0.15, -0.1) is 0 Å². The molecule has 0 bridgehead atoms. The summed E-state index contributed by atoms with van der Waals surface area (Å²) in [6.07, 6.45) is 2.00. The van der Waals surface area contributed by atoms with Crippen molar-refractivity contribution in [2.24, 2.45) is 5.73 Å². The highest BCUT2D eigenvalue weighted by molar-refractivity contribution is 5.76. The van der Waals surface area contributed by atoms with Crippen molar-refractivity contribution in [3.05, 3.63) is 30.1 Å². The van der Waals surface area contributed by atoms with Gasteiger partial charge in [-0.3, -0.25) is 14.7 Å². The van der Waals surface area contributed by atoms with E-state index in [4.69, 9.17) is 10.5 Å². The number of methoxy groups -OCH3 is 1. The van der Waals surface area contributed by atoms with Gasteiger partial charge in [0.2, 0.25) is 5.91 Å². The summed E-state index contributed by atoms with van der Waals surface area (Å²) in [5.41, 5.74) is 6.63. The Labute approximate surface area is 125 Å². The van der Waals surface area contributed by atoms with E-state index in [0.29, 0.717) is 13.0 Å². The van der Waals surface area contributed by atoms with Crippen LogP contribution in [0.1, 0.15) is 12.1 Å². The van der Waals surface area contributed by atoms with E-state index in [1.54, 1.807) is 7.11 Å². The molecule has 1 saturated heterocycles. The first-order chi connectivity index (χ1) is 10.2. The summed E-state index contributed by atoms with van der Waals surface area (Å²) in [6.45, 7) is 4.48. The van der Waals surface area contributed by atoms with E-state index in [2.05, 4.69) is 9.88 Å². The van der Waals surface area contributed by atoms with Crippen LogP contribution in [-0.2, 0) is 16.1 Å². The number of ether oxygens (including phenoxy) is 1. The third-order valence-corrected chi connectivity index (χ3v) is 3.84. The van der Waals surface area contributed by atoms with E-state index in [-0.39, 0.29) is 12.0 Å². The second kappa shape index (κ2) is 8.07. The lowest BCUT2D eigenvalue weighted by atomic mass is 10.2. The summed E-state index contributed by atoms with van der Waals surface area (Å²) >= 11 is 0. The van der Waals surface area contributed by atoms with Gasteiger partial charge in [0.25, 0.3) is 0 Å². The Kier molecular flexibility index (Phi) is 6.10. The second-order valence-electron chi connectivity index (χ2n) is 5.28. The Balaban J connectivity index is 1.76. The Morgan fingerprint density at radius 2 is 2.14 bits per heavy atom. The molecule has 6 heteroatoms. The molecule has 2 rings (SSSR count). The molecule has 1 aliphatic rings. The SMILES string of the molecule is COC(CN)CC(=O)N1CCN(Cc2ccccn2)CC1. The molecule has 1 aromatic rings. The lowest BCUT2D eigenvalue weighted by Gasteiger charge is -2.35. The Hall–Kier alpha value is -1.50. The van der Waals surface area contributed by atoms with Crippen molar-refractivity contribution in [3.8, 4) is 0 Å². The summed E-state index contributed by atoms with van der Waals surface area (Å²) in [4.78, 5) is 20.7. The van der Waals surface area contributed by atoms with Crippen molar-refractivity contribution in [1.29, 1.82) is 0 Å². The molecule has 1 aliphatic heterocycles. The average Bonchev–Trinajstić information content (AvgIpc) is 2.54. The van der Waals surface area contributed by atoms with Gasteiger partial charge in [-0.05, 0) is 12.1 Å². The van der Waals surface area contributed by atoms with E-state index >= 15 is 0 Å². The van der Waals surface area contributed by atoms with Gasteiger partial charge in [-0.1, -0.05) is 6.07 Å². The molecule has 2 heterocycles. The van der Waals surface area contributed by atoms with Crippen LogP contribution in [0.5, 0.6) is 0 Å². The number of nitrogens with zero attached hydrogens (tertiary/aromatic N) is 3. The molecule has 2 N–H and O–H groups in total. The fourth-order valence-electron chi connectivity index (χ4n) is 2.46. The fraction of sp³-hybridized carbons (Fsp3) is 0.600.